The quantitative estimate of drug-likeness (QED) is 0.352. The van der Waals surface area contributed by atoms with Crippen molar-refractivity contribution in [1.29, 1.82) is 0 Å². The molecule has 0 radical (unpaired) electrons. The van der Waals surface area contributed by atoms with E-state index in [4.69, 9.17) is 9.31 Å². The van der Waals surface area contributed by atoms with Crippen LogP contribution in [0.2, 0.25) is 5.82 Å². The summed E-state index contributed by atoms with van der Waals surface area (Å²) < 4.78 is 78.5. The van der Waals surface area contributed by atoms with Gasteiger partial charge in [0, 0.05) is 5.56 Å². The highest BCUT2D eigenvalue weighted by atomic mass is 19.2. The van der Waals surface area contributed by atoms with Crippen LogP contribution in [0.15, 0.2) is 0 Å². The standard InChI is InChI=1S/C15H18BF5O2/c1-7(16-22-14(2,3)15(4,5)23-16)6-8-9(17)11(19)13(21)12(20)10(8)18/h7H,6H2,1-5H3. The van der Waals surface area contributed by atoms with Crippen LogP contribution in [0.4, 0.5) is 22.0 Å². The van der Waals surface area contributed by atoms with E-state index in [-0.39, 0.29) is 0 Å². The van der Waals surface area contributed by atoms with Crippen LogP contribution in [-0.4, -0.2) is 18.3 Å². The van der Waals surface area contributed by atoms with Crippen LogP contribution in [0, 0.1) is 29.1 Å². The Bertz CT molecular complexity index is 588. The van der Waals surface area contributed by atoms with E-state index >= 15 is 0 Å². The maximum absolute atomic E-state index is 13.8. The Morgan fingerprint density at radius 2 is 1.13 bits per heavy atom. The Kier molecular flexibility index (Phi) is 4.54. The van der Waals surface area contributed by atoms with E-state index in [9.17, 15) is 22.0 Å². The third-order valence-corrected chi connectivity index (χ3v) is 4.56. The van der Waals surface area contributed by atoms with Crippen molar-refractivity contribution in [3.63, 3.8) is 0 Å². The molecule has 1 aromatic rings. The summed E-state index contributed by atoms with van der Waals surface area (Å²) in [5.41, 5.74) is -2.16. The molecule has 0 saturated carbocycles. The van der Waals surface area contributed by atoms with Crippen molar-refractivity contribution in [2.24, 2.45) is 0 Å². The Hall–Kier alpha value is -1.15. The lowest BCUT2D eigenvalue weighted by Gasteiger charge is -2.32. The third kappa shape index (κ3) is 2.98. The molecule has 128 valence electrons. The van der Waals surface area contributed by atoms with E-state index in [1.54, 1.807) is 34.6 Å². The Morgan fingerprint density at radius 1 is 0.783 bits per heavy atom. The number of rotatable bonds is 3. The molecule has 1 fully saturated rings. The van der Waals surface area contributed by atoms with Gasteiger partial charge in [0.2, 0.25) is 5.82 Å². The summed E-state index contributed by atoms with van der Waals surface area (Å²) >= 11 is 0. The maximum atomic E-state index is 13.8. The van der Waals surface area contributed by atoms with Crippen LogP contribution in [0.3, 0.4) is 0 Å². The normalized spacial score (nSPS) is 20.9. The van der Waals surface area contributed by atoms with E-state index in [1.165, 1.54) is 0 Å². The summed E-state index contributed by atoms with van der Waals surface area (Å²) in [6.07, 6.45) is -0.400. The van der Waals surface area contributed by atoms with Gasteiger partial charge >= 0.3 is 7.12 Å². The average molecular weight is 336 g/mol. The van der Waals surface area contributed by atoms with Crippen LogP contribution >= 0.6 is 0 Å². The van der Waals surface area contributed by atoms with E-state index in [2.05, 4.69) is 0 Å². The van der Waals surface area contributed by atoms with E-state index in [0.29, 0.717) is 0 Å². The molecule has 2 rings (SSSR count). The molecule has 0 N–H and O–H groups in total. The molecule has 0 aromatic heterocycles. The SMILES string of the molecule is CC(Cc1c(F)c(F)c(F)c(F)c1F)B1OC(C)(C)C(C)(C)O1. The maximum Gasteiger partial charge on any atom is 0.461 e. The van der Waals surface area contributed by atoms with Crippen molar-refractivity contribution in [3.8, 4) is 0 Å². The number of hydrogen-bond donors (Lipinski definition) is 0. The molecule has 23 heavy (non-hydrogen) atoms. The first kappa shape index (κ1) is 18.2. The topological polar surface area (TPSA) is 18.5 Å². The third-order valence-electron chi connectivity index (χ3n) is 4.56. The summed E-state index contributed by atoms with van der Waals surface area (Å²) in [5, 5.41) is 0. The van der Waals surface area contributed by atoms with Crippen molar-refractivity contribution >= 4 is 7.12 Å². The van der Waals surface area contributed by atoms with Crippen LogP contribution < -0.4 is 0 Å². The van der Waals surface area contributed by atoms with Crippen LogP contribution in [0.1, 0.15) is 40.2 Å². The van der Waals surface area contributed by atoms with Gasteiger partial charge in [0.05, 0.1) is 11.2 Å². The predicted molar refractivity (Wildman–Crippen MR) is 75.4 cm³/mol. The van der Waals surface area contributed by atoms with Gasteiger partial charge in [-0.2, -0.15) is 0 Å². The second kappa shape index (κ2) is 5.74. The molecule has 1 aliphatic rings. The molecule has 8 heteroatoms. The summed E-state index contributed by atoms with van der Waals surface area (Å²) in [6.45, 7) is 8.78. The van der Waals surface area contributed by atoms with Gasteiger partial charge in [0.1, 0.15) is 0 Å². The number of benzene rings is 1. The molecular formula is C15H18BF5O2. The van der Waals surface area contributed by atoms with Gasteiger partial charge in [0.15, 0.2) is 23.3 Å². The molecular weight excluding hydrogens is 318 g/mol. The first-order valence-corrected chi connectivity index (χ1v) is 7.25. The first-order valence-electron chi connectivity index (χ1n) is 7.25. The summed E-state index contributed by atoms with van der Waals surface area (Å²) in [4.78, 5) is 0. The Balaban J connectivity index is 2.28. The molecule has 0 aliphatic carbocycles. The summed E-state index contributed by atoms with van der Waals surface area (Å²) in [6, 6.07) is 0. The molecule has 1 saturated heterocycles. The Morgan fingerprint density at radius 3 is 1.52 bits per heavy atom. The molecule has 0 amide bonds. The highest BCUT2D eigenvalue weighted by Gasteiger charge is 2.52. The molecule has 1 atom stereocenters. The smallest absolute Gasteiger partial charge is 0.403 e. The van der Waals surface area contributed by atoms with Crippen molar-refractivity contribution < 1.29 is 31.3 Å². The summed E-state index contributed by atoms with van der Waals surface area (Å²) in [5.74, 6) is -10.3. The monoisotopic (exact) mass is 336 g/mol. The highest BCUT2D eigenvalue weighted by Crippen LogP contribution is 2.41. The fourth-order valence-electron chi connectivity index (χ4n) is 2.37. The van der Waals surface area contributed by atoms with Gasteiger partial charge in [-0.05, 0) is 39.9 Å². The van der Waals surface area contributed by atoms with Crippen molar-refractivity contribution in [1.82, 2.24) is 0 Å². The Labute approximate surface area is 132 Å². The van der Waals surface area contributed by atoms with Crippen molar-refractivity contribution in [2.45, 2.75) is 58.1 Å². The van der Waals surface area contributed by atoms with Gasteiger partial charge in [-0.1, -0.05) is 6.92 Å². The van der Waals surface area contributed by atoms with E-state index in [1.807, 2.05) is 0 Å². The lowest BCUT2D eigenvalue weighted by atomic mass is 9.70. The highest BCUT2D eigenvalue weighted by molar-refractivity contribution is 6.47. The molecule has 2 nitrogen and oxygen atoms in total. The summed E-state index contributed by atoms with van der Waals surface area (Å²) in [7, 11) is -0.810. The van der Waals surface area contributed by atoms with Gasteiger partial charge in [-0.3, -0.25) is 0 Å². The van der Waals surface area contributed by atoms with Gasteiger partial charge in [0.25, 0.3) is 0 Å². The molecule has 1 unspecified atom stereocenters. The second-order valence-corrected chi connectivity index (χ2v) is 6.85. The van der Waals surface area contributed by atoms with Crippen LogP contribution in [0.5, 0.6) is 0 Å². The molecule has 1 aromatic carbocycles. The molecule has 0 spiro atoms. The zero-order valence-corrected chi connectivity index (χ0v) is 13.6. The minimum Gasteiger partial charge on any atom is -0.403 e. The van der Waals surface area contributed by atoms with Crippen molar-refractivity contribution in [3.05, 3.63) is 34.6 Å². The van der Waals surface area contributed by atoms with Gasteiger partial charge in [-0.25, -0.2) is 22.0 Å². The lowest BCUT2D eigenvalue weighted by Crippen LogP contribution is -2.41. The number of hydrogen-bond acceptors (Lipinski definition) is 2. The first-order chi connectivity index (χ1) is 10.4. The van der Waals surface area contributed by atoms with Gasteiger partial charge in [-0.15, -0.1) is 0 Å². The minimum absolute atomic E-state index is 0.400. The molecule has 1 heterocycles. The van der Waals surface area contributed by atoms with Crippen LogP contribution in [0.25, 0.3) is 0 Å². The van der Waals surface area contributed by atoms with Gasteiger partial charge < -0.3 is 9.31 Å². The average Bonchev–Trinajstić information content (AvgIpc) is 2.67. The second-order valence-electron chi connectivity index (χ2n) is 6.85. The lowest BCUT2D eigenvalue weighted by molar-refractivity contribution is 0.00578. The zero-order chi connectivity index (χ0) is 17.7. The van der Waals surface area contributed by atoms with Crippen molar-refractivity contribution in [2.75, 3.05) is 0 Å². The fraction of sp³-hybridized carbons (Fsp3) is 0.600. The van der Waals surface area contributed by atoms with Crippen LogP contribution in [-0.2, 0) is 15.7 Å². The van der Waals surface area contributed by atoms with E-state index in [0.717, 1.165) is 0 Å². The molecule has 1 aliphatic heterocycles. The van der Waals surface area contributed by atoms with E-state index < -0.39 is 65.2 Å². The zero-order valence-electron chi connectivity index (χ0n) is 13.6. The minimum atomic E-state index is -2.16. The molecule has 0 bridgehead atoms. The largest absolute Gasteiger partial charge is 0.461 e. The number of halogens is 5. The predicted octanol–water partition coefficient (Wildman–Crippen LogP) is 4.41. The fourth-order valence-corrected chi connectivity index (χ4v) is 2.37.